The lowest BCUT2D eigenvalue weighted by Gasteiger charge is -2.40. The molecular weight excluding hydrogens is 639 g/mol. The molecule has 1 unspecified atom stereocenters. The van der Waals surface area contributed by atoms with Gasteiger partial charge in [0.2, 0.25) is 0 Å². The number of methoxy groups -OCH3 is 2. The molecule has 3 N–H and O–H groups in total. The van der Waals surface area contributed by atoms with Gasteiger partial charge >= 0.3 is 5.69 Å². The number of ether oxygens (including phenoxy) is 4. The van der Waals surface area contributed by atoms with Crippen molar-refractivity contribution in [1.29, 1.82) is 0 Å². The second-order valence-corrected chi connectivity index (χ2v) is 18.9. The van der Waals surface area contributed by atoms with Gasteiger partial charge in [0, 0.05) is 24.7 Å². The molecule has 262 valence electrons. The van der Waals surface area contributed by atoms with Crippen molar-refractivity contribution < 1.29 is 23.4 Å². The van der Waals surface area contributed by atoms with Gasteiger partial charge in [-0.05, 0) is 66.0 Å². The number of nitrogens with one attached hydrogen (secondary N) is 1. The highest BCUT2D eigenvalue weighted by atomic mass is 28.4. The number of nitrogens with zero attached hydrogens (tertiary/aromatic N) is 1. The van der Waals surface area contributed by atoms with E-state index in [1.165, 1.54) is 10.8 Å². The lowest BCUT2D eigenvalue weighted by molar-refractivity contribution is -0.136. The van der Waals surface area contributed by atoms with Crippen molar-refractivity contribution in [3.8, 4) is 11.5 Å². The lowest BCUT2D eigenvalue weighted by Crippen LogP contribution is -2.49. The van der Waals surface area contributed by atoms with Crippen LogP contribution in [-0.2, 0) is 25.2 Å². The molecule has 0 amide bonds. The van der Waals surface area contributed by atoms with Gasteiger partial charge in [-0.15, -0.1) is 0 Å². The molecule has 0 spiro atoms. The average Bonchev–Trinajstić information content (AvgIpc) is 3.44. The highest BCUT2D eigenvalue weighted by Crippen LogP contribution is 2.45. The van der Waals surface area contributed by atoms with E-state index in [1.807, 2.05) is 78.9 Å². The van der Waals surface area contributed by atoms with Crippen LogP contribution in [0, 0.1) is 6.92 Å². The third-order valence-electron chi connectivity index (χ3n) is 10.1. The zero-order chi connectivity index (χ0) is 35.6. The zero-order valence-electron chi connectivity index (χ0n) is 29.7. The third-order valence-corrected chi connectivity index (χ3v) is 14.6. The molecule has 0 radical (unpaired) electrons. The second-order valence-electron chi connectivity index (χ2n) is 14.2. The quantitative estimate of drug-likeness (QED) is 0.144. The maximum atomic E-state index is 13.3. The Hall–Kier alpha value is -4.00. The molecule has 0 aliphatic carbocycles. The summed E-state index contributed by atoms with van der Waals surface area (Å²) in [6.45, 7) is 12.6. The molecule has 3 aromatic carbocycles. The summed E-state index contributed by atoms with van der Waals surface area (Å²) in [7, 11) is 0.916. The largest absolute Gasteiger partial charge is 0.497 e. The Morgan fingerprint density at radius 1 is 0.898 bits per heavy atom. The van der Waals surface area contributed by atoms with Crippen LogP contribution in [0.4, 0.5) is 0 Å². The number of aryl methyl sites for hydroxylation is 1. The van der Waals surface area contributed by atoms with Gasteiger partial charge in [0.15, 0.2) is 14.0 Å². The number of nitrogens with two attached hydrogens (primary N) is 1. The fourth-order valence-electron chi connectivity index (χ4n) is 6.20. The molecule has 49 heavy (non-hydrogen) atoms. The molecule has 1 aliphatic rings. The first-order valence-corrected chi connectivity index (χ1v) is 19.5. The van der Waals surface area contributed by atoms with Crippen molar-refractivity contribution in [1.82, 2.24) is 9.55 Å². The van der Waals surface area contributed by atoms with Gasteiger partial charge in [-0.3, -0.25) is 14.3 Å². The first-order chi connectivity index (χ1) is 23.2. The van der Waals surface area contributed by atoms with E-state index in [2.05, 4.69) is 38.8 Å². The summed E-state index contributed by atoms with van der Waals surface area (Å²) >= 11 is 0. The van der Waals surface area contributed by atoms with Crippen LogP contribution in [0.3, 0.4) is 0 Å². The minimum Gasteiger partial charge on any atom is -0.497 e. The van der Waals surface area contributed by atoms with E-state index >= 15 is 0 Å². The lowest BCUT2D eigenvalue weighted by atomic mass is 9.80. The summed E-state index contributed by atoms with van der Waals surface area (Å²) < 4.78 is 33.6. The molecule has 1 aromatic heterocycles. The number of H-pyrrole nitrogens is 1. The number of aromatic amines is 1. The van der Waals surface area contributed by atoms with Gasteiger partial charge in [0.05, 0.1) is 26.9 Å². The predicted molar refractivity (Wildman–Crippen MR) is 193 cm³/mol. The number of hydrogen-bond acceptors (Lipinski definition) is 8. The van der Waals surface area contributed by atoms with Gasteiger partial charge in [-0.1, -0.05) is 75.4 Å². The molecule has 5 rings (SSSR count). The minimum absolute atomic E-state index is 0.0208. The number of rotatable bonds is 12. The summed E-state index contributed by atoms with van der Waals surface area (Å²) in [6.07, 6.45) is 0.711. The van der Waals surface area contributed by atoms with E-state index in [9.17, 15) is 9.59 Å². The van der Waals surface area contributed by atoms with Crippen LogP contribution in [0.2, 0.25) is 18.1 Å². The smallest absolute Gasteiger partial charge is 0.330 e. The molecule has 11 heteroatoms. The first-order valence-electron chi connectivity index (χ1n) is 16.6. The van der Waals surface area contributed by atoms with E-state index in [1.54, 1.807) is 21.1 Å². The van der Waals surface area contributed by atoms with E-state index in [4.69, 9.17) is 29.1 Å². The van der Waals surface area contributed by atoms with E-state index in [-0.39, 0.29) is 18.2 Å². The Kier molecular flexibility index (Phi) is 10.4. The molecular formula is C38H49N3O7Si. The third kappa shape index (κ3) is 7.04. The number of hydrogen-bond donors (Lipinski definition) is 2. The van der Waals surface area contributed by atoms with Crippen molar-refractivity contribution in [2.75, 3.05) is 27.4 Å². The maximum Gasteiger partial charge on any atom is 0.330 e. The second kappa shape index (κ2) is 14.1. The summed E-state index contributed by atoms with van der Waals surface area (Å²) in [5, 5.41) is -0.0994. The van der Waals surface area contributed by atoms with Gasteiger partial charge in [-0.25, -0.2) is 4.79 Å². The van der Waals surface area contributed by atoms with Crippen LogP contribution in [0.1, 0.15) is 49.4 Å². The fraction of sp³-hybridized carbons (Fsp3) is 0.421. The van der Waals surface area contributed by atoms with Gasteiger partial charge in [0.1, 0.15) is 23.2 Å². The Labute approximate surface area is 289 Å². The standard InChI is InChI=1S/C38H49N3O7Si/c1-26-23-41(35(43)40-34(26)42)37(25-39)22-32(48-49(7,8)36(2,3)4)33(47-37)24-46-38(27-12-10-9-11-13-27,28-14-18-30(44-5)19-15-28)29-16-20-31(45-6)21-17-29/h9-21,23,32-33H,22,24-25,39H2,1-8H3,(H,40,42,43)/t32?,33-,37+/m1/s1. The first kappa shape index (κ1) is 36.3. The van der Waals surface area contributed by atoms with Crippen molar-refractivity contribution in [2.24, 2.45) is 5.73 Å². The number of benzene rings is 3. The Bertz CT molecular complexity index is 1790. The van der Waals surface area contributed by atoms with Crippen LogP contribution >= 0.6 is 0 Å². The van der Waals surface area contributed by atoms with Crippen LogP contribution in [0.15, 0.2) is 94.6 Å². The molecule has 0 bridgehead atoms. The van der Waals surface area contributed by atoms with Crippen LogP contribution in [0.5, 0.6) is 11.5 Å². The molecule has 4 aromatic rings. The van der Waals surface area contributed by atoms with Crippen molar-refractivity contribution in [2.45, 2.75) is 75.8 Å². The molecule has 3 atom stereocenters. The highest BCUT2D eigenvalue weighted by Gasteiger charge is 2.52. The van der Waals surface area contributed by atoms with Gasteiger partial charge < -0.3 is 29.1 Å². The Morgan fingerprint density at radius 2 is 1.43 bits per heavy atom. The zero-order valence-corrected chi connectivity index (χ0v) is 30.7. The summed E-state index contributed by atoms with van der Waals surface area (Å²) in [4.78, 5) is 28.0. The molecule has 0 saturated carbocycles. The highest BCUT2D eigenvalue weighted by molar-refractivity contribution is 6.74. The summed E-state index contributed by atoms with van der Waals surface area (Å²) in [5.74, 6) is 1.44. The van der Waals surface area contributed by atoms with Gasteiger partial charge in [-0.2, -0.15) is 0 Å². The topological polar surface area (TPSA) is 127 Å². The molecule has 2 heterocycles. The van der Waals surface area contributed by atoms with Crippen LogP contribution in [0.25, 0.3) is 0 Å². The maximum absolute atomic E-state index is 13.3. The molecule has 10 nitrogen and oxygen atoms in total. The Balaban J connectivity index is 1.65. The van der Waals surface area contributed by atoms with E-state index < -0.39 is 43.1 Å². The SMILES string of the molecule is COc1ccc(C(OC[C@H]2O[C@@](CN)(n3cc(C)c(=O)[nH]c3=O)CC2O[Si](C)(C)C(C)(C)C)(c2ccccc2)c2ccc(OC)cc2)cc1. The van der Waals surface area contributed by atoms with Crippen LogP contribution in [-0.4, -0.2) is 57.4 Å². The van der Waals surface area contributed by atoms with E-state index in [0.717, 1.165) is 28.2 Å². The Morgan fingerprint density at radius 3 is 1.92 bits per heavy atom. The van der Waals surface area contributed by atoms with Crippen LogP contribution < -0.4 is 26.5 Å². The van der Waals surface area contributed by atoms with Crippen molar-refractivity contribution >= 4 is 8.32 Å². The van der Waals surface area contributed by atoms with Crippen molar-refractivity contribution in [3.63, 3.8) is 0 Å². The minimum atomic E-state index is -2.36. The predicted octanol–water partition coefficient (Wildman–Crippen LogP) is 5.66. The summed E-state index contributed by atoms with van der Waals surface area (Å²) in [5.41, 5.74) is 6.08. The summed E-state index contributed by atoms with van der Waals surface area (Å²) in [6, 6.07) is 25.7. The van der Waals surface area contributed by atoms with Gasteiger partial charge in [0.25, 0.3) is 5.56 Å². The number of aromatic nitrogens is 2. The molecule has 1 fully saturated rings. The van der Waals surface area contributed by atoms with E-state index in [0.29, 0.717) is 12.0 Å². The fourth-order valence-corrected chi connectivity index (χ4v) is 7.55. The molecule has 1 saturated heterocycles. The van der Waals surface area contributed by atoms with Crippen molar-refractivity contribution in [3.05, 3.63) is 128 Å². The monoisotopic (exact) mass is 687 g/mol. The molecule has 1 aliphatic heterocycles. The normalized spacial score (nSPS) is 19.9. The average molecular weight is 688 g/mol.